The third-order valence-electron chi connectivity index (χ3n) is 4.41. The summed E-state index contributed by atoms with van der Waals surface area (Å²) in [6.45, 7) is 8.21. The monoisotopic (exact) mass is 289 g/mol. The van der Waals surface area contributed by atoms with E-state index in [1.165, 1.54) is 12.8 Å². The largest absolute Gasteiger partial charge is 0.399 e. The smallest absolute Gasteiger partial charge is 0.227 e. The van der Waals surface area contributed by atoms with E-state index in [1.807, 2.05) is 31.2 Å². The van der Waals surface area contributed by atoms with Crippen molar-refractivity contribution in [3.63, 3.8) is 0 Å². The first-order valence-electron chi connectivity index (χ1n) is 7.91. The van der Waals surface area contributed by atoms with Crippen molar-refractivity contribution in [2.45, 2.75) is 32.6 Å². The second-order valence-corrected chi connectivity index (χ2v) is 6.21. The molecule has 1 atom stereocenters. The van der Waals surface area contributed by atoms with Crippen molar-refractivity contribution in [3.8, 4) is 0 Å². The van der Waals surface area contributed by atoms with Crippen molar-refractivity contribution in [1.29, 1.82) is 0 Å². The maximum Gasteiger partial charge on any atom is 0.227 e. The fourth-order valence-corrected chi connectivity index (χ4v) is 2.76. The molecule has 1 amide bonds. The van der Waals surface area contributed by atoms with E-state index in [4.69, 9.17) is 5.73 Å². The number of hydrogen-bond donors (Lipinski definition) is 2. The zero-order valence-corrected chi connectivity index (χ0v) is 13.1. The Morgan fingerprint density at radius 2 is 2.14 bits per heavy atom. The van der Waals surface area contributed by atoms with E-state index in [2.05, 4.69) is 17.1 Å². The summed E-state index contributed by atoms with van der Waals surface area (Å²) in [6, 6.07) is 7.55. The zero-order valence-electron chi connectivity index (χ0n) is 13.1. The van der Waals surface area contributed by atoms with Gasteiger partial charge in [0.25, 0.3) is 0 Å². The summed E-state index contributed by atoms with van der Waals surface area (Å²) >= 11 is 0. The highest BCUT2D eigenvalue weighted by atomic mass is 16.1. The minimum Gasteiger partial charge on any atom is -0.399 e. The second kappa shape index (κ2) is 7.46. The van der Waals surface area contributed by atoms with Gasteiger partial charge in [-0.15, -0.1) is 0 Å². The van der Waals surface area contributed by atoms with Crippen LogP contribution in [-0.4, -0.2) is 37.0 Å². The molecule has 0 spiro atoms. The molecule has 1 fully saturated rings. The van der Waals surface area contributed by atoms with Gasteiger partial charge in [0.05, 0.1) is 5.92 Å². The van der Waals surface area contributed by atoms with Crippen LogP contribution in [0, 0.1) is 5.92 Å². The molecule has 1 saturated heterocycles. The van der Waals surface area contributed by atoms with Gasteiger partial charge >= 0.3 is 0 Å². The molecule has 1 aromatic rings. The van der Waals surface area contributed by atoms with Gasteiger partial charge in [-0.25, -0.2) is 0 Å². The number of rotatable bonds is 5. The van der Waals surface area contributed by atoms with Crippen LogP contribution in [0.15, 0.2) is 24.3 Å². The SMILES string of the molecule is CC1CCN(CCNC(=O)C(C)c2cccc(N)c2)CC1. The van der Waals surface area contributed by atoms with Gasteiger partial charge in [0.2, 0.25) is 5.91 Å². The Morgan fingerprint density at radius 1 is 1.43 bits per heavy atom. The molecule has 4 nitrogen and oxygen atoms in total. The van der Waals surface area contributed by atoms with E-state index in [0.29, 0.717) is 5.69 Å². The van der Waals surface area contributed by atoms with Crippen molar-refractivity contribution in [1.82, 2.24) is 10.2 Å². The number of piperidine rings is 1. The van der Waals surface area contributed by atoms with E-state index in [-0.39, 0.29) is 11.8 Å². The highest BCUT2D eigenvalue weighted by Crippen LogP contribution is 2.18. The van der Waals surface area contributed by atoms with Gasteiger partial charge < -0.3 is 16.0 Å². The zero-order chi connectivity index (χ0) is 15.2. The lowest BCUT2D eigenvalue weighted by Gasteiger charge is -2.30. The highest BCUT2D eigenvalue weighted by Gasteiger charge is 2.17. The molecule has 1 unspecified atom stereocenters. The summed E-state index contributed by atoms with van der Waals surface area (Å²) in [5.74, 6) is 0.764. The fourth-order valence-electron chi connectivity index (χ4n) is 2.76. The maximum absolute atomic E-state index is 12.2. The minimum atomic E-state index is -0.158. The summed E-state index contributed by atoms with van der Waals surface area (Å²) < 4.78 is 0. The number of amides is 1. The molecule has 0 saturated carbocycles. The number of benzene rings is 1. The maximum atomic E-state index is 12.2. The lowest BCUT2D eigenvalue weighted by Crippen LogP contribution is -2.40. The lowest BCUT2D eigenvalue weighted by molar-refractivity contribution is -0.122. The van der Waals surface area contributed by atoms with Crippen LogP contribution >= 0.6 is 0 Å². The summed E-state index contributed by atoms with van der Waals surface area (Å²) in [7, 11) is 0. The standard InChI is InChI=1S/C17H27N3O/c1-13-6-9-20(10-7-13)11-8-19-17(21)14(2)15-4-3-5-16(18)12-15/h3-5,12-14H,6-11,18H2,1-2H3,(H,19,21). The molecule has 1 aromatic carbocycles. The molecule has 116 valence electrons. The lowest BCUT2D eigenvalue weighted by atomic mass is 9.99. The topological polar surface area (TPSA) is 58.4 Å². The third-order valence-corrected chi connectivity index (χ3v) is 4.41. The molecule has 0 radical (unpaired) electrons. The predicted octanol–water partition coefficient (Wildman–Crippen LogP) is 2.22. The Kier molecular flexibility index (Phi) is 5.62. The Hall–Kier alpha value is -1.55. The number of hydrogen-bond acceptors (Lipinski definition) is 3. The van der Waals surface area contributed by atoms with Gasteiger partial charge in [-0.3, -0.25) is 4.79 Å². The fraction of sp³-hybridized carbons (Fsp3) is 0.588. The first-order chi connectivity index (χ1) is 10.1. The Bertz CT molecular complexity index is 467. The first-order valence-corrected chi connectivity index (χ1v) is 7.91. The molecule has 4 heteroatoms. The van der Waals surface area contributed by atoms with Crippen LogP contribution in [0.2, 0.25) is 0 Å². The quantitative estimate of drug-likeness (QED) is 0.817. The van der Waals surface area contributed by atoms with E-state index < -0.39 is 0 Å². The Labute approximate surface area is 127 Å². The van der Waals surface area contributed by atoms with E-state index in [0.717, 1.165) is 37.7 Å². The molecule has 3 N–H and O–H groups in total. The molecule has 0 aliphatic carbocycles. The summed E-state index contributed by atoms with van der Waals surface area (Å²) in [5.41, 5.74) is 7.44. The second-order valence-electron chi connectivity index (χ2n) is 6.21. The summed E-state index contributed by atoms with van der Waals surface area (Å²) in [5, 5.41) is 3.04. The van der Waals surface area contributed by atoms with Crippen LogP contribution in [0.3, 0.4) is 0 Å². The molecule has 1 heterocycles. The molecule has 21 heavy (non-hydrogen) atoms. The van der Waals surface area contributed by atoms with Crippen molar-refractivity contribution < 1.29 is 4.79 Å². The number of nitrogen functional groups attached to an aromatic ring is 1. The van der Waals surface area contributed by atoms with Gasteiger partial charge in [0.15, 0.2) is 0 Å². The van der Waals surface area contributed by atoms with Crippen LogP contribution in [0.5, 0.6) is 0 Å². The first kappa shape index (κ1) is 15.8. The number of nitrogens with two attached hydrogens (primary N) is 1. The molecule has 1 aliphatic heterocycles. The molecular weight excluding hydrogens is 262 g/mol. The normalized spacial score (nSPS) is 18.4. The summed E-state index contributed by atoms with van der Waals surface area (Å²) in [6.07, 6.45) is 2.54. The van der Waals surface area contributed by atoms with Gasteiger partial charge in [-0.05, 0) is 56.5 Å². The van der Waals surface area contributed by atoms with Gasteiger partial charge in [0.1, 0.15) is 0 Å². The van der Waals surface area contributed by atoms with Crippen LogP contribution in [0.25, 0.3) is 0 Å². The number of likely N-dealkylation sites (tertiary alicyclic amines) is 1. The Morgan fingerprint density at radius 3 is 2.81 bits per heavy atom. The van der Waals surface area contributed by atoms with Crippen molar-refractivity contribution in [3.05, 3.63) is 29.8 Å². The van der Waals surface area contributed by atoms with Gasteiger partial charge in [-0.2, -0.15) is 0 Å². The minimum absolute atomic E-state index is 0.0750. The molecule has 2 rings (SSSR count). The third kappa shape index (κ3) is 4.74. The predicted molar refractivity (Wildman–Crippen MR) is 87.1 cm³/mol. The molecule has 1 aliphatic rings. The number of carbonyl (C=O) groups is 1. The van der Waals surface area contributed by atoms with Crippen molar-refractivity contribution in [2.75, 3.05) is 31.9 Å². The molecular formula is C17H27N3O. The van der Waals surface area contributed by atoms with Crippen LogP contribution in [0.4, 0.5) is 5.69 Å². The average molecular weight is 289 g/mol. The number of nitrogens with one attached hydrogen (secondary N) is 1. The van der Waals surface area contributed by atoms with Crippen LogP contribution in [-0.2, 0) is 4.79 Å². The highest BCUT2D eigenvalue weighted by molar-refractivity contribution is 5.83. The number of carbonyl (C=O) groups excluding carboxylic acids is 1. The molecule has 0 aromatic heterocycles. The van der Waals surface area contributed by atoms with E-state index in [9.17, 15) is 4.79 Å². The van der Waals surface area contributed by atoms with E-state index >= 15 is 0 Å². The van der Waals surface area contributed by atoms with Crippen molar-refractivity contribution >= 4 is 11.6 Å². The van der Waals surface area contributed by atoms with Crippen LogP contribution < -0.4 is 11.1 Å². The van der Waals surface area contributed by atoms with Crippen LogP contribution in [0.1, 0.15) is 38.2 Å². The average Bonchev–Trinajstić information content (AvgIpc) is 2.48. The van der Waals surface area contributed by atoms with Gasteiger partial charge in [-0.1, -0.05) is 19.1 Å². The van der Waals surface area contributed by atoms with Gasteiger partial charge in [0, 0.05) is 18.8 Å². The number of nitrogens with zero attached hydrogens (tertiary/aromatic N) is 1. The number of anilines is 1. The van der Waals surface area contributed by atoms with E-state index in [1.54, 1.807) is 0 Å². The van der Waals surface area contributed by atoms with Crippen molar-refractivity contribution in [2.24, 2.45) is 5.92 Å². The Balaban J connectivity index is 1.74. The summed E-state index contributed by atoms with van der Waals surface area (Å²) in [4.78, 5) is 14.6. The molecule has 0 bridgehead atoms.